The number of halogens is 1. The molecule has 7 heteroatoms. The van der Waals surface area contributed by atoms with Gasteiger partial charge < -0.3 is 10.3 Å². The number of benzene rings is 1. The van der Waals surface area contributed by atoms with E-state index in [1.165, 1.54) is 6.07 Å². The summed E-state index contributed by atoms with van der Waals surface area (Å²) in [7, 11) is 0. The number of nitrogens with two attached hydrogens (primary N) is 1. The Morgan fingerprint density at radius 3 is 2.84 bits per heavy atom. The molecule has 0 aliphatic heterocycles. The van der Waals surface area contributed by atoms with Crippen LogP contribution in [0.4, 0.5) is 10.2 Å². The molecule has 96 valence electrons. The molecule has 3 rings (SSSR count). The molecule has 0 atom stereocenters. The van der Waals surface area contributed by atoms with Gasteiger partial charge in [0.2, 0.25) is 5.82 Å². The number of rotatable bonds is 2. The topological polar surface area (TPSA) is 93.6 Å². The normalized spacial score (nSPS) is 10.8. The molecule has 1 aromatic carbocycles. The first kappa shape index (κ1) is 11.4. The molecule has 3 aromatic rings. The van der Waals surface area contributed by atoms with Gasteiger partial charge in [-0.1, -0.05) is 5.16 Å². The SMILES string of the molecule is Cc1cc(-c2noc(-c3cc(N)n[nH]3)n2)ccc1F. The molecule has 0 unspecified atom stereocenters. The van der Waals surface area contributed by atoms with Crippen molar-refractivity contribution in [3.8, 4) is 23.0 Å². The van der Waals surface area contributed by atoms with Gasteiger partial charge in [0.25, 0.3) is 5.89 Å². The number of H-pyrrole nitrogens is 1. The van der Waals surface area contributed by atoms with Crippen LogP contribution < -0.4 is 5.73 Å². The van der Waals surface area contributed by atoms with Crippen LogP contribution in [-0.4, -0.2) is 20.3 Å². The number of nitrogens with one attached hydrogen (secondary N) is 1. The number of aromatic nitrogens is 4. The molecule has 19 heavy (non-hydrogen) atoms. The highest BCUT2D eigenvalue weighted by Crippen LogP contribution is 2.23. The van der Waals surface area contributed by atoms with E-state index in [1.54, 1.807) is 25.1 Å². The number of aryl methyl sites for hydroxylation is 1. The minimum Gasteiger partial charge on any atom is -0.382 e. The number of anilines is 1. The molecule has 3 N–H and O–H groups in total. The standard InChI is InChI=1S/C12H10FN5O/c1-6-4-7(2-3-8(6)13)11-15-12(19-18-11)9-5-10(14)17-16-9/h2-5H,1H3,(H3,14,16,17). The zero-order chi connectivity index (χ0) is 13.4. The molecule has 0 saturated heterocycles. The van der Waals surface area contributed by atoms with E-state index in [0.29, 0.717) is 28.5 Å². The second kappa shape index (κ2) is 4.20. The van der Waals surface area contributed by atoms with Crippen molar-refractivity contribution in [2.24, 2.45) is 0 Å². The summed E-state index contributed by atoms with van der Waals surface area (Å²) in [5, 5.41) is 10.3. The molecular formula is C12H10FN5O. The molecule has 0 fully saturated rings. The van der Waals surface area contributed by atoms with Gasteiger partial charge in [-0.3, -0.25) is 5.10 Å². The Morgan fingerprint density at radius 2 is 2.16 bits per heavy atom. The summed E-state index contributed by atoms with van der Waals surface area (Å²) in [6.45, 7) is 1.68. The summed E-state index contributed by atoms with van der Waals surface area (Å²) >= 11 is 0. The van der Waals surface area contributed by atoms with Crippen LogP contribution in [0, 0.1) is 12.7 Å². The average molecular weight is 259 g/mol. The molecule has 0 spiro atoms. The van der Waals surface area contributed by atoms with E-state index in [2.05, 4.69) is 20.3 Å². The highest BCUT2D eigenvalue weighted by atomic mass is 19.1. The van der Waals surface area contributed by atoms with Gasteiger partial charge in [0.05, 0.1) is 0 Å². The van der Waals surface area contributed by atoms with Crippen molar-refractivity contribution >= 4 is 5.82 Å². The van der Waals surface area contributed by atoms with Gasteiger partial charge in [0.15, 0.2) is 0 Å². The first-order valence-corrected chi connectivity index (χ1v) is 5.55. The van der Waals surface area contributed by atoms with Crippen LogP contribution >= 0.6 is 0 Å². The maximum absolute atomic E-state index is 13.2. The quantitative estimate of drug-likeness (QED) is 0.735. The molecule has 6 nitrogen and oxygen atoms in total. The fourth-order valence-electron chi connectivity index (χ4n) is 1.68. The Morgan fingerprint density at radius 1 is 1.32 bits per heavy atom. The molecule has 0 amide bonds. The Hall–Kier alpha value is -2.70. The van der Waals surface area contributed by atoms with Crippen molar-refractivity contribution in [3.05, 3.63) is 35.6 Å². The molecular weight excluding hydrogens is 249 g/mol. The van der Waals surface area contributed by atoms with E-state index in [9.17, 15) is 4.39 Å². The third kappa shape index (κ3) is 2.05. The van der Waals surface area contributed by atoms with Crippen LogP contribution in [0.5, 0.6) is 0 Å². The second-order valence-corrected chi connectivity index (χ2v) is 4.09. The molecule has 0 aliphatic carbocycles. The largest absolute Gasteiger partial charge is 0.382 e. The summed E-state index contributed by atoms with van der Waals surface area (Å²) in [6, 6.07) is 6.21. The second-order valence-electron chi connectivity index (χ2n) is 4.09. The summed E-state index contributed by atoms with van der Waals surface area (Å²) in [5.74, 6) is 0.730. The molecule has 0 saturated carbocycles. The lowest BCUT2D eigenvalue weighted by Gasteiger charge is -1.97. The van der Waals surface area contributed by atoms with Gasteiger partial charge in [-0.25, -0.2) is 4.39 Å². The van der Waals surface area contributed by atoms with Crippen molar-refractivity contribution in [3.63, 3.8) is 0 Å². The molecule has 0 aliphatic rings. The number of aromatic amines is 1. The van der Waals surface area contributed by atoms with Crippen LogP contribution in [0.25, 0.3) is 23.0 Å². The van der Waals surface area contributed by atoms with E-state index >= 15 is 0 Å². The third-order valence-corrected chi connectivity index (χ3v) is 2.67. The fourth-order valence-corrected chi connectivity index (χ4v) is 1.68. The molecule has 0 bridgehead atoms. The minimum absolute atomic E-state index is 0.270. The summed E-state index contributed by atoms with van der Waals surface area (Å²) in [5.41, 5.74) is 7.24. The Labute approximate surface area is 107 Å². The van der Waals surface area contributed by atoms with Gasteiger partial charge >= 0.3 is 0 Å². The van der Waals surface area contributed by atoms with E-state index < -0.39 is 0 Å². The average Bonchev–Trinajstić information content (AvgIpc) is 3.01. The predicted octanol–water partition coefficient (Wildman–Crippen LogP) is 2.16. The number of nitrogens with zero attached hydrogens (tertiary/aromatic N) is 3. The maximum atomic E-state index is 13.2. The highest BCUT2D eigenvalue weighted by Gasteiger charge is 2.13. The van der Waals surface area contributed by atoms with Crippen LogP contribution in [0.1, 0.15) is 5.56 Å². The van der Waals surface area contributed by atoms with E-state index in [4.69, 9.17) is 10.3 Å². The first-order chi connectivity index (χ1) is 9.13. The zero-order valence-corrected chi connectivity index (χ0v) is 10.0. The summed E-state index contributed by atoms with van der Waals surface area (Å²) < 4.78 is 18.3. The van der Waals surface area contributed by atoms with Crippen LogP contribution in [-0.2, 0) is 0 Å². The molecule has 2 heterocycles. The van der Waals surface area contributed by atoms with Gasteiger partial charge in [-0.15, -0.1) is 0 Å². The van der Waals surface area contributed by atoms with Crippen molar-refractivity contribution in [2.75, 3.05) is 5.73 Å². The lowest BCUT2D eigenvalue weighted by Crippen LogP contribution is -1.86. The number of hydrogen-bond donors (Lipinski definition) is 2. The zero-order valence-electron chi connectivity index (χ0n) is 10.0. The number of hydrogen-bond acceptors (Lipinski definition) is 5. The highest BCUT2D eigenvalue weighted by molar-refractivity contribution is 5.59. The van der Waals surface area contributed by atoms with E-state index in [1.807, 2.05) is 0 Å². The predicted molar refractivity (Wildman–Crippen MR) is 66.4 cm³/mol. The lowest BCUT2D eigenvalue weighted by atomic mass is 10.1. The third-order valence-electron chi connectivity index (χ3n) is 2.67. The Kier molecular flexibility index (Phi) is 2.52. The number of nitrogen functional groups attached to an aromatic ring is 1. The smallest absolute Gasteiger partial charge is 0.276 e. The van der Waals surface area contributed by atoms with Gasteiger partial charge in [-0.2, -0.15) is 10.1 Å². The van der Waals surface area contributed by atoms with Gasteiger partial charge in [-0.05, 0) is 30.7 Å². The van der Waals surface area contributed by atoms with Crippen LogP contribution in [0.15, 0.2) is 28.8 Å². The lowest BCUT2D eigenvalue weighted by molar-refractivity contribution is 0.431. The van der Waals surface area contributed by atoms with Gasteiger partial charge in [0, 0.05) is 11.6 Å². The van der Waals surface area contributed by atoms with Crippen molar-refractivity contribution in [1.82, 2.24) is 20.3 Å². The fraction of sp³-hybridized carbons (Fsp3) is 0.0833. The van der Waals surface area contributed by atoms with Gasteiger partial charge in [0.1, 0.15) is 17.3 Å². The maximum Gasteiger partial charge on any atom is 0.276 e. The summed E-state index contributed by atoms with van der Waals surface area (Å²) in [4.78, 5) is 4.21. The molecule has 0 radical (unpaired) electrons. The van der Waals surface area contributed by atoms with Crippen molar-refractivity contribution < 1.29 is 8.91 Å². The van der Waals surface area contributed by atoms with Crippen molar-refractivity contribution in [2.45, 2.75) is 6.92 Å². The van der Waals surface area contributed by atoms with Crippen molar-refractivity contribution in [1.29, 1.82) is 0 Å². The van der Waals surface area contributed by atoms with Crippen LogP contribution in [0.2, 0.25) is 0 Å². The van der Waals surface area contributed by atoms with E-state index in [-0.39, 0.29) is 11.7 Å². The molecule has 2 aromatic heterocycles. The Bertz CT molecular complexity index is 733. The summed E-state index contributed by atoms with van der Waals surface area (Å²) in [6.07, 6.45) is 0. The van der Waals surface area contributed by atoms with Crippen LogP contribution in [0.3, 0.4) is 0 Å². The first-order valence-electron chi connectivity index (χ1n) is 5.55. The monoisotopic (exact) mass is 259 g/mol. The van der Waals surface area contributed by atoms with E-state index in [0.717, 1.165) is 0 Å². The minimum atomic E-state index is -0.270. The Balaban J connectivity index is 1.98.